The van der Waals surface area contributed by atoms with Gasteiger partial charge < -0.3 is 10.6 Å². The molecule has 0 bridgehead atoms. The molecule has 0 unspecified atom stereocenters. The minimum absolute atomic E-state index is 0.158. The van der Waals surface area contributed by atoms with Gasteiger partial charge in [0.25, 0.3) is 5.91 Å². The molecular formula is C13H13ClN4OS. The summed E-state index contributed by atoms with van der Waals surface area (Å²) in [6.45, 7) is 0. The Bertz CT molecular complexity index is 681. The highest BCUT2D eigenvalue weighted by Gasteiger charge is 2.12. The zero-order valence-electron chi connectivity index (χ0n) is 11.0. The van der Waals surface area contributed by atoms with E-state index in [0.29, 0.717) is 16.3 Å². The van der Waals surface area contributed by atoms with Gasteiger partial charge in [0.05, 0.1) is 10.7 Å². The molecule has 1 amide bonds. The van der Waals surface area contributed by atoms with Crippen LogP contribution in [0.2, 0.25) is 5.02 Å². The summed E-state index contributed by atoms with van der Waals surface area (Å²) in [5.41, 5.74) is 7.26. The summed E-state index contributed by atoms with van der Waals surface area (Å²) >= 11 is 11.0. The number of hydrogen-bond acceptors (Lipinski definition) is 3. The molecule has 1 aromatic heterocycles. The fourth-order valence-corrected chi connectivity index (χ4v) is 2.17. The Hall–Kier alpha value is -1.92. The molecule has 0 atom stereocenters. The molecule has 2 rings (SSSR count). The van der Waals surface area contributed by atoms with Crippen LogP contribution in [0.15, 0.2) is 30.5 Å². The fraction of sp³-hybridized carbons (Fsp3) is 0.154. The van der Waals surface area contributed by atoms with Crippen molar-refractivity contribution in [3.05, 3.63) is 46.7 Å². The van der Waals surface area contributed by atoms with Crippen LogP contribution in [0.3, 0.4) is 0 Å². The average molecular weight is 309 g/mol. The van der Waals surface area contributed by atoms with Crippen LogP contribution in [0.5, 0.6) is 0 Å². The lowest BCUT2D eigenvalue weighted by atomic mass is 10.2. The van der Waals surface area contributed by atoms with E-state index in [1.165, 1.54) is 4.90 Å². The lowest BCUT2D eigenvalue weighted by Crippen LogP contribution is -2.22. The molecule has 2 aromatic rings. The molecule has 0 saturated heterocycles. The lowest BCUT2D eigenvalue weighted by molar-refractivity contribution is 0.0821. The first-order valence-electron chi connectivity index (χ1n) is 5.77. The molecule has 0 aliphatic carbocycles. The van der Waals surface area contributed by atoms with Gasteiger partial charge in [0.2, 0.25) is 0 Å². The molecule has 20 heavy (non-hydrogen) atoms. The van der Waals surface area contributed by atoms with Crippen molar-refractivity contribution in [2.75, 3.05) is 14.1 Å². The summed E-state index contributed by atoms with van der Waals surface area (Å²) < 4.78 is 1.58. The number of carbonyl (C=O) groups is 1. The Morgan fingerprint density at radius 2 is 2.10 bits per heavy atom. The predicted octanol–water partition coefficient (Wildman–Crippen LogP) is 1.86. The summed E-state index contributed by atoms with van der Waals surface area (Å²) in [6, 6.07) is 6.87. The maximum Gasteiger partial charge on any atom is 0.273 e. The first-order valence-corrected chi connectivity index (χ1v) is 6.56. The number of benzene rings is 1. The van der Waals surface area contributed by atoms with Gasteiger partial charge in [0, 0.05) is 25.9 Å². The molecule has 0 fully saturated rings. The van der Waals surface area contributed by atoms with E-state index in [9.17, 15) is 4.79 Å². The summed E-state index contributed by atoms with van der Waals surface area (Å²) in [7, 11) is 3.35. The van der Waals surface area contributed by atoms with Crippen molar-refractivity contribution < 1.29 is 4.79 Å². The third kappa shape index (κ3) is 2.81. The second-order valence-electron chi connectivity index (χ2n) is 4.37. The number of nitrogens with two attached hydrogens (primary N) is 1. The molecule has 1 heterocycles. The van der Waals surface area contributed by atoms with E-state index in [1.54, 1.807) is 49.2 Å². The number of halogens is 1. The number of carbonyl (C=O) groups excluding carboxylic acids is 1. The maximum absolute atomic E-state index is 11.8. The Morgan fingerprint density at radius 3 is 2.65 bits per heavy atom. The third-order valence-corrected chi connectivity index (χ3v) is 3.23. The molecule has 0 aliphatic rings. The van der Waals surface area contributed by atoms with Crippen LogP contribution in [0.25, 0.3) is 5.69 Å². The molecule has 104 valence electrons. The first kappa shape index (κ1) is 14.5. The van der Waals surface area contributed by atoms with Gasteiger partial charge in [0.15, 0.2) is 5.69 Å². The van der Waals surface area contributed by atoms with Gasteiger partial charge in [-0.05, 0) is 24.3 Å². The van der Waals surface area contributed by atoms with Gasteiger partial charge in [-0.3, -0.25) is 4.79 Å². The highest BCUT2D eigenvalue weighted by molar-refractivity contribution is 7.80. The SMILES string of the molecule is CN(C)C(=O)c1ccn(-c2ccc(C(N)=S)c(Cl)c2)n1. The summed E-state index contributed by atoms with van der Waals surface area (Å²) in [5, 5.41) is 4.67. The highest BCUT2D eigenvalue weighted by Crippen LogP contribution is 2.20. The van der Waals surface area contributed by atoms with E-state index >= 15 is 0 Å². The summed E-state index contributed by atoms with van der Waals surface area (Å²) in [6.07, 6.45) is 1.70. The molecule has 0 saturated carbocycles. The average Bonchev–Trinajstić information content (AvgIpc) is 2.86. The molecular weight excluding hydrogens is 296 g/mol. The molecule has 2 N–H and O–H groups in total. The first-order chi connectivity index (χ1) is 9.40. The van der Waals surface area contributed by atoms with E-state index in [2.05, 4.69) is 5.10 Å². The standard InChI is InChI=1S/C13H13ClN4OS/c1-17(2)13(19)11-5-6-18(16-11)8-3-4-9(12(15)20)10(14)7-8/h3-7H,1-2H3,(H2,15,20). The second-order valence-corrected chi connectivity index (χ2v) is 5.22. The van der Waals surface area contributed by atoms with E-state index in [-0.39, 0.29) is 10.9 Å². The van der Waals surface area contributed by atoms with Crippen molar-refractivity contribution in [1.29, 1.82) is 0 Å². The third-order valence-electron chi connectivity index (χ3n) is 2.70. The van der Waals surface area contributed by atoms with Crippen LogP contribution in [0.4, 0.5) is 0 Å². The molecule has 0 spiro atoms. The van der Waals surface area contributed by atoms with Crippen molar-refractivity contribution in [1.82, 2.24) is 14.7 Å². The predicted molar refractivity (Wildman–Crippen MR) is 82.5 cm³/mol. The summed E-state index contributed by atoms with van der Waals surface area (Å²) in [4.78, 5) is 13.5. The van der Waals surface area contributed by atoms with Gasteiger partial charge >= 0.3 is 0 Å². The number of thiocarbonyl (C=S) groups is 1. The van der Waals surface area contributed by atoms with E-state index in [0.717, 1.165) is 5.69 Å². The largest absolute Gasteiger partial charge is 0.389 e. The van der Waals surface area contributed by atoms with Crippen molar-refractivity contribution in [3.8, 4) is 5.69 Å². The van der Waals surface area contributed by atoms with Crippen LogP contribution in [0, 0.1) is 0 Å². The van der Waals surface area contributed by atoms with Gasteiger partial charge in [-0.25, -0.2) is 4.68 Å². The van der Waals surface area contributed by atoms with Crippen molar-refractivity contribution in [3.63, 3.8) is 0 Å². The quantitative estimate of drug-likeness (QED) is 0.879. The summed E-state index contributed by atoms with van der Waals surface area (Å²) in [5.74, 6) is -0.158. The Morgan fingerprint density at radius 1 is 1.40 bits per heavy atom. The minimum atomic E-state index is -0.158. The van der Waals surface area contributed by atoms with Crippen molar-refractivity contribution in [2.45, 2.75) is 0 Å². The van der Waals surface area contributed by atoms with Crippen molar-refractivity contribution in [2.24, 2.45) is 5.73 Å². The molecule has 0 aliphatic heterocycles. The lowest BCUT2D eigenvalue weighted by Gasteiger charge is -2.08. The van der Waals surface area contributed by atoms with Gasteiger partial charge in [-0.2, -0.15) is 5.10 Å². The normalized spacial score (nSPS) is 10.3. The van der Waals surface area contributed by atoms with Gasteiger partial charge in [0.1, 0.15) is 4.99 Å². The Kier molecular flexibility index (Phi) is 4.06. The van der Waals surface area contributed by atoms with Crippen LogP contribution >= 0.6 is 23.8 Å². The molecule has 5 nitrogen and oxygen atoms in total. The number of hydrogen-bond donors (Lipinski definition) is 1. The smallest absolute Gasteiger partial charge is 0.273 e. The molecule has 0 radical (unpaired) electrons. The topological polar surface area (TPSA) is 64.2 Å². The number of nitrogens with zero attached hydrogens (tertiary/aromatic N) is 3. The van der Waals surface area contributed by atoms with Crippen LogP contribution in [-0.4, -0.2) is 39.7 Å². The molecule has 7 heteroatoms. The van der Waals surface area contributed by atoms with Crippen molar-refractivity contribution >= 4 is 34.7 Å². The van der Waals surface area contributed by atoms with Gasteiger partial charge in [-0.1, -0.05) is 23.8 Å². The van der Waals surface area contributed by atoms with Crippen LogP contribution < -0.4 is 5.73 Å². The van der Waals surface area contributed by atoms with Crippen LogP contribution in [-0.2, 0) is 0 Å². The van der Waals surface area contributed by atoms with E-state index in [1.807, 2.05) is 0 Å². The zero-order chi connectivity index (χ0) is 14.9. The van der Waals surface area contributed by atoms with E-state index in [4.69, 9.17) is 29.6 Å². The number of rotatable bonds is 3. The number of amides is 1. The minimum Gasteiger partial charge on any atom is -0.389 e. The monoisotopic (exact) mass is 308 g/mol. The van der Waals surface area contributed by atoms with E-state index < -0.39 is 0 Å². The van der Waals surface area contributed by atoms with Crippen LogP contribution in [0.1, 0.15) is 16.1 Å². The number of aromatic nitrogens is 2. The highest BCUT2D eigenvalue weighted by atomic mass is 35.5. The maximum atomic E-state index is 11.8. The van der Waals surface area contributed by atoms with Gasteiger partial charge in [-0.15, -0.1) is 0 Å². The fourth-order valence-electron chi connectivity index (χ4n) is 1.66. The molecule has 1 aromatic carbocycles. The second kappa shape index (κ2) is 5.60. The Balaban J connectivity index is 2.36. The zero-order valence-corrected chi connectivity index (χ0v) is 12.6. The Labute approximate surface area is 126 Å².